The van der Waals surface area contributed by atoms with Crippen LogP contribution in [0.15, 0.2) is 29.6 Å². The van der Waals surface area contributed by atoms with Crippen LogP contribution < -0.4 is 11.1 Å². The van der Waals surface area contributed by atoms with Crippen LogP contribution in [0.1, 0.15) is 24.8 Å². The summed E-state index contributed by atoms with van der Waals surface area (Å²) in [6, 6.07) is 6.72. The summed E-state index contributed by atoms with van der Waals surface area (Å²) < 4.78 is 0. The standard InChI is InChI=1S/C13H16N4O2S/c1-8(2)12(10-4-3-7-20-10)16-13-9(17(18)19)5-6-11(14)15-13/h3-8,12H,1-2H3,(H3,14,15,16). The first-order valence-electron chi connectivity index (χ1n) is 6.20. The Balaban J connectivity index is 2.36. The van der Waals surface area contributed by atoms with E-state index in [-0.39, 0.29) is 29.3 Å². The third-order valence-corrected chi connectivity index (χ3v) is 3.86. The van der Waals surface area contributed by atoms with Crippen molar-refractivity contribution in [1.29, 1.82) is 0 Å². The molecule has 7 heteroatoms. The van der Waals surface area contributed by atoms with Crippen molar-refractivity contribution >= 4 is 28.7 Å². The lowest BCUT2D eigenvalue weighted by Crippen LogP contribution is -2.17. The number of anilines is 2. The average molecular weight is 292 g/mol. The van der Waals surface area contributed by atoms with Crippen LogP contribution in [0.3, 0.4) is 0 Å². The number of pyridine rings is 1. The molecule has 0 bridgehead atoms. The van der Waals surface area contributed by atoms with Crippen LogP contribution in [0.4, 0.5) is 17.3 Å². The molecule has 0 aromatic carbocycles. The number of nitrogens with two attached hydrogens (primary N) is 1. The second-order valence-electron chi connectivity index (χ2n) is 4.74. The van der Waals surface area contributed by atoms with E-state index >= 15 is 0 Å². The number of hydrogen-bond donors (Lipinski definition) is 2. The highest BCUT2D eigenvalue weighted by Gasteiger charge is 2.22. The first-order valence-corrected chi connectivity index (χ1v) is 7.08. The Labute approximate surface area is 120 Å². The van der Waals surface area contributed by atoms with Crippen LogP contribution >= 0.6 is 11.3 Å². The van der Waals surface area contributed by atoms with Crippen LogP contribution in [-0.2, 0) is 0 Å². The summed E-state index contributed by atoms with van der Waals surface area (Å²) in [5.41, 5.74) is 5.56. The summed E-state index contributed by atoms with van der Waals surface area (Å²) in [6.45, 7) is 4.10. The maximum Gasteiger partial charge on any atom is 0.311 e. The van der Waals surface area contributed by atoms with Crippen molar-refractivity contribution in [2.45, 2.75) is 19.9 Å². The fourth-order valence-electron chi connectivity index (χ4n) is 1.90. The number of nitrogens with zero attached hydrogens (tertiary/aromatic N) is 2. The minimum absolute atomic E-state index is 0.0389. The Kier molecular flexibility index (Phi) is 4.19. The van der Waals surface area contributed by atoms with Crippen LogP contribution in [0.5, 0.6) is 0 Å². The van der Waals surface area contributed by atoms with E-state index in [0.29, 0.717) is 0 Å². The monoisotopic (exact) mass is 292 g/mol. The average Bonchev–Trinajstić information content (AvgIpc) is 2.88. The fraction of sp³-hybridized carbons (Fsp3) is 0.308. The van der Waals surface area contributed by atoms with Crippen LogP contribution in [0.25, 0.3) is 0 Å². The molecule has 0 aliphatic carbocycles. The number of rotatable bonds is 5. The van der Waals surface area contributed by atoms with E-state index in [9.17, 15) is 10.1 Å². The van der Waals surface area contributed by atoms with Crippen LogP contribution in [-0.4, -0.2) is 9.91 Å². The summed E-state index contributed by atoms with van der Waals surface area (Å²) >= 11 is 1.61. The highest BCUT2D eigenvalue weighted by Crippen LogP contribution is 2.32. The highest BCUT2D eigenvalue weighted by molar-refractivity contribution is 7.10. The van der Waals surface area contributed by atoms with E-state index in [1.807, 2.05) is 17.5 Å². The van der Waals surface area contributed by atoms with Gasteiger partial charge in [0.1, 0.15) is 5.82 Å². The van der Waals surface area contributed by atoms with E-state index in [2.05, 4.69) is 24.1 Å². The van der Waals surface area contributed by atoms with Crippen LogP contribution in [0.2, 0.25) is 0 Å². The first-order chi connectivity index (χ1) is 9.49. The Bertz CT molecular complexity index is 598. The van der Waals surface area contributed by atoms with Crippen molar-refractivity contribution < 1.29 is 4.92 Å². The fourth-order valence-corrected chi connectivity index (χ4v) is 2.85. The zero-order valence-electron chi connectivity index (χ0n) is 11.2. The third kappa shape index (κ3) is 3.05. The van der Waals surface area contributed by atoms with Gasteiger partial charge in [-0.1, -0.05) is 19.9 Å². The van der Waals surface area contributed by atoms with Gasteiger partial charge in [0.05, 0.1) is 11.0 Å². The lowest BCUT2D eigenvalue weighted by atomic mass is 10.0. The minimum Gasteiger partial charge on any atom is -0.384 e. The first kappa shape index (κ1) is 14.3. The van der Waals surface area contributed by atoms with Crippen molar-refractivity contribution in [3.8, 4) is 0 Å². The normalized spacial score (nSPS) is 12.3. The summed E-state index contributed by atoms with van der Waals surface area (Å²) in [5, 5.41) is 16.2. The predicted molar refractivity (Wildman–Crippen MR) is 80.8 cm³/mol. The molecular weight excluding hydrogens is 276 g/mol. The molecule has 20 heavy (non-hydrogen) atoms. The number of nitrogen functional groups attached to an aromatic ring is 1. The molecule has 0 aliphatic rings. The van der Waals surface area contributed by atoms with Crippen molar-refractivity contribution in [1.82, 2.24) is 4.98 Å². The van der Waals surface area contributed by atoms with Gasteiger partial charge in [0.25, 0.3) is 0 Å². The summed E-state index contributed by atoms with van der Waals surface area (Å²) in [4.78, 5) is 15.8. The Hall–Kier alpha value is -2.15. The molecule has 2 aromatic heterocycles. The molecule has 0 radical (unpaired) electrons. The molecule has 0 aliphatic heterocycles. The largest absolute Gasteiger partial charge is 0.384 e. The van der Waals surface area contributed by atoms with Crippen LogP contribution in [0, 0.1) is 16.0 Å². The third-order valence-electron chi connectivity index (χ3n) is 2.90. The molecule has 2 aromatic rings. The van der Waals surface area contributed by atoms with Crippen molar-refractivity contribution in [2.75, 3.05) is 11.1 Å². The molecule has 0 saturated carbocycles. The molecule has 0 fully saturated rings. The molecule has 0 spiro atoms. The number of aromatic nitrogens is 1. The van der Waals surface area contributed by atoms with E-state index < -0.39 is 4.92 Å². The van der Waals surface area contributed by atoms with E-state index in [0.717, 1.165) is 4.88 Å². The van der Waals surface area contributed by atoms with Gasteiger partial charge in [0.2, 0.25) is 5.82 Å². The van der Waals surface area contributed by atoms with Gasteiger partial charge in [0, 0.05) is 10.9 Å². The van der Waals surface area contributed by atoms with Gasteiger partial charge in [0.15, 0.2) is 0 Å². The summed E-state index contributed by atoms with van der Waals surface area (Å²) in [7, 11) is 0. The molecule has 2 heterocycles. The van der Waals surface area contributed by atoms with Crippen molar-refractivity contribution in [3.63, 3.8) is 0 Å². The maximum absolute atomic E-state index is 11.1. The molecule has 6 nitrogen and oxygen atoms in total. The Morgan fingerprint density at radius 2 is 2.15 bits per heavy atom. The maximum atomic E-state index is 11.1. The molecule has 3 N–H and O–H groups in total. The van der Waals surface area contributed by atoms with Gasteiger partial charge in [-0.2, -0.15) is 0 Å². The van der Waals surface area contributed by atoms with Gasteiger partial charge in [-0.05, 0) is 23.4 Å². The second-order valence-corrected chi connectivity index (χ2v) is 5.72. The molecule has 0 saturated heterocycles. The minimum atomic E-state index is -0.458. The van der Waals surface area contributed by atoms with Gasteiger partial charge < -0.3 is 11.1 Å². The van der Waals surface area contributed by atoms with Gasteiger partial charge in [-0.3, -0.25) is 10.1 Å². The quantitative estimate of drug-likeness (QED) is 0.650. The van der Waals surface area contributed by atoms with E-state index in [1.165, 1.54) is 12.1 Å². The lowest BCUT2D eigenvalue weighted by molar-refractivity contribution is -0.384. The van der Waals surface area contributed by atoms with Gasteiger partial charge in [-0.15, -0.1) is 11.3 Å². The van der Waals surface area contributed by atoms with Gasteiger partial charge in [-0.25, -0.2) is 4.98 Å². The highest BCUT2D eigenvalue weighted by atomic mass is 32.1. The summed E-state index contributed by atoms with van der Waals surface area (Å²) in [6.07, 6.45) is 0. The molecule has 0 amide bonds. The SMILES string of the molecule is CC(C)C(Nc1nc(N)ccc1[N+](=O)[O-])c1cccs1. The predicted octanol–water partition coefficient (Wildman–Crippen LogP) is 3.44. The Morgan fingerprint density at radius 1 is 1.40 bits per heavy atom. The number of thiophene rings is 1. The van der Waals surface area contributed by atoms with Crippen molar-refractivity contribution in [2.24, 2.45) is 5.92 Å². The van der Waals surface area contributed by atoms with E-state index in [1.54, 1.807) is 11.3 Å². The zero-order valence-corrected chi connectivity index (χ0v) is 12.1. The molecule has 1 atom stereocenters. The lowest BCUT2D eigenvalue weighted by Gasteiger charge is -2.21. The molecule has 1 unspecified atom stereocenters. The number of hydrogen-bond acceptors (Lipinski definition) is 6. The van der Waals surface area contributed by atoms with Gasteiger partial charge >= 0.3 is 5.69 Å². The smallest absolute Gasteiger partial charge is 0.311 e. The summed E-state index contributed by atoms with van der Waals surface area (Å²) in [5.74, 6) is 0.727. The molecular formula is C13H16N4O2S. The zero-order chi connectivity index (χ0) is 14.7. The molecule has 106 valence electrons. The number of nitro groups is 1. The molecule has 2 rings (SSSR count). The van der Waals surface area contributed by atoms with Crippen molar-refractivity contribution in [3.05, 3.63) is 44.6 Å². The Morgan fingerprint density at radius 3 is 2.70 bits per heavy atom. The topological polar surface area (TPSA) is 94.1 Å². The van der Waals surface area contributed by atoms with E-state index in [4.69, 9.17) is 5.73 Å². The number of nitrogens with one attached hydrogen (secondary N) is 1. The second kappa shape index (κ2) is 5.87.